The van der Waals surface area contributed by atoms with Crippen LogP contribution in [0.2, 0.25) is 0 Å². The largest absolute Gasteiger partial charge is 0.0625 e. The Labute approximate surface area is 111 Å². The molecule has 0 nitrogen and oxygen atoms in total. The smallest absolute Gasteiger partial charge is 0.0181 e. The first kappa shape index (κ1) is 12.9. The molecule has 0 heteroatoms. The normalized spacial score (nSPS) is 12.7. The summed E-state index contributed by atoms with van der Waals surface area (Å²) in [5.74, 6) is 1.47. The highest BCUT2D eigenvalue weighted by Gasteiger charge is 2.08. The van der Waals surface area contributed by atoms with Gasteiger partial charge in [0.2, 0.25) is 0 Å². The van der Waals surface area contributed by atoms with E-state index in [0.29, 0.717) is 0 Å². The van der Waals surface area contributed by atoms with E-state index in [1.807, 2.05) is 0 Å². The summed E-state index contributed by atoms with van der Waals surface area (Å²) in [6, 6.07) is 19.5. The lowest BCUT2D eigenvalue weighted by molar-refractivity contribution is 0.417. The van der Waals surface area contributed by atoms with Crippen molar-refractivity contribution in [1.82, 2.24) is 0 Å². The number of rotatable bonds is 4. The molecular weight excluding hydrogens is 216 g/mol. The van der Waals surface area contributed by atoms with Crippen LogP contribution < -0.4 is 0 Å². The van der Waals surface area contributed by atoms with Gasteiger partial charge in [-0.25, -0.2) is 0 Å². The average Bonchev–Trinajstić information content (AvgIpc) is 2.40. The molecule has 0 aliphatic rings. The number of hydrogen-bond acceptors (Lipinski definition) is 0. The molecule has 0 heterocycles. The van der Waals surface area contributed by atoms with E-state index in [2.05, 4.69) is 75.4 Å². The second kappa shape index (κ2) is 5.86. The van der Waals surface area contributed by atoms with Gasteiger partial charge in [-0.15, -0.1) is 0 Å². The Balaban J connectivity index is 2.21. The van der Waals surface area contributed by atoms with E-state index in [9.17, 15) is 0 Å². The van der Waals surface area contributed by atoms with Gasteiger partial charge in [0.1, 0.15) is 0 Å². The van der Waals surface area contributed by atoms with Gasteiger partial charge in [-0.1, -0.05) is 75.4 Å². The Hall–Kier alpha value is -1.56. The zero-order valence-corrected chi connectivity index (χ0v) is 11.6. The predicted molar refractivity (Wildman–Crippen MR) is 79.6 cm³/mol. The SMILES string of the molecule is CC(C)C(C)Cc1cccc(-c2ccccc2)c1. The lowest BCUT2D eigenvalue weighted by Crippen LogP contribution is -2.07. The van der Waals surface area contributed by atoms with Crippen molar-refractivity contribution >= 4 is 0 Å². The molecule has 0 saturated heterocycles. The summed E-state index contributed by atoms with van der Waals surface area (Å²) in [4.78, 5) is 0. The molecule has 0 spiro atoms. The summed E-state index contributed by atoms with van der Waals surface area (Å²) in [5.41, 5.74) is 4.07. The molecule has 0 aliphatic carbocycles. The zero-order chi connectivity index (χ0) is 13.0. The first-order valence-corrected chi connectivity index (χ1v) is 6.81. The minimum Gasteiger partial charge on any atom is -0.0625 e. The molecule has 2 aromatic rings. The second-order valence-corrected chi connectivity index (χ2v) is 5.49. The van der Waals surface area contributed by atoms with Gasteiger partial charge in [0.05, 0.1) is 0 Å². The van der Waals surface area contributed by atoms with E-state index in [1.165, 1.54) is 23.1 Å². The standard InChI is InChI=1S/C18H22/c1-14(2)15(3)12-16-8-7-11-18(13-16)17-9-5-4-6-10-17/h4-11,13-15H,12H2,1-3H3. The van der Waals surface area contributed by atoms with Crippen molar-refractivity contribution in [1.29, 1.82) is 0 Å². The third kappa shape index (κ3) is 3.22. The predicted octanol–water partition coefficient (Wildman–Crippen LogP) is 5.19. The van der Waals surface area contributed by atoms with Crippen molar-refractivity contribution in [2.75, 3.05) is 0 Å². The molecule has 0 amide bonds. The van der Waals surface area contributed by atoms with Crippen molar-refractivity contribution in [3.8, 4) is 11.1 Å². The lowest BCUT2D eigenvalue weighted by atomic mass is 9.90. The summed E-state index contributed by atoms with van der Waals surface area (Å²) in [7, 11) is 0. The monoisotopic (exact) mass is 238 g/mol. The summed E-state index contributed by atoms with van der Waals surface area (Å²) in [6.07, 6.45) is 1.17. The van der Waals surface area contributed by atoms with E-state index in [4.69, 9.17) is 0 Å². The molecule has 2 rings (SSSR count). The highest BCUT2D eigenvalue weighted by Crippen LogP contribution is 2.23. The van der Waals surface area contributed by atoms with Crippen LogP contribution in [0.1, 0.15) is 26.3 Å². The van der Waals surface area contributed by atoms with E-state index in [-0.39, 0.29) is 0 Å². The molecule has 1 atom stereocenters. The maximum atomic E-state index is 2.33. The maximum Gasteiger partial charge on any atom is -0.0181 e. The van der Waals surface area contributed by atoms with Gasteiger partial charge in [0.25, 0.3) is 0 Å². The summed E-state index contributed by atoms with van der Waals surface area (Å²) >= 11 is 0. The van der Waals surface area contributed by atoms with Crippen molar-refractivity contribution in [3.63, 3.8) is 0 Å². The maximum absolute atomic E-state index is 2.33. The molecule has 1 unspecified atom stereocenters. The minimum absolute atomic E-state index is 0.732. The molecule has 2 aromatic carbocycles. The Bertz CT molecular complexity index is 482. The summed E-state index contributed by atoms with van der Waals surface area (Å²) in [5, 5.41) is 0. The van der Waals surface area contributed by atoms with Crippen LogP contribution in [0, 0.1) is 11.8 Å². The van der Waals surface area contributed by atoms with Gasteiger partial charge in [0.15, 0.2) is 0 Å². The van der Waals surface area contributed by atoms with Crippen LogP contribution in [-0.4, -0.2) is 0 Å². The molecule has 0 bridgehead atoms. The topological polar surface area (TPSA) is 0 Å². The Morgan fingerprint density at radius 3 is 2.11 bits per heavy atom. The molecule has 0 saturated carbocycles. The number of hydrogen-bond donors (Lipinski definition) is 0. The van der Waals surface area contributed by atoms with E-state index < -0.39 is 0 Å². The quantitative estimate of drug-likeness (QED) is 0.687. The zero-order valence-electron chi connectivity index (χ0n) is 11.6. The Morgan fingerprint density at radius 2 is 1.44 bits per heavy atom. The third-order valence-electron chi connectivity index (χ3n) is 3.73. The fraction of sp³-hybridized carbons (Fsp3) is 0.333. The van der Waals surface area contributed by atoms with E-state index in [1.54, 1.807) is 0 Å². The van der Waals surface area contributed by atoms with Crippen molar-refractivity contribution < 1.29 is 0 Å². The van der Waals surface area contributed by atoms with Crippen LogP contribution in [0.25, 0.3) is 11.1 Å². The van der Waals surface area contributed by atoms with Crippen LogP contribution in [0.5, 0.6) is 0 Å². The molecule has 0 aromatic heterocycles. The van der Waals surface area contributed by atoms with Crippen LogP contribution >= 0.6 is 0 Å². The average molecular weight is 238 g/mol. The fourth-order valence-electron chi connectivity index (χ4n) is 2.12. The van der Waals surface area contributed by atoms with Crippen LogP contribution in [0.15, 0.2) is 54.6 Å². The molecule has 0 aliphatic heterocycles. The van der Waals surface area contributed by atoms with Gasteiger partial charge in [0, 0.05) is 0 Å². The highest BCUT2D eigenvalue weighted by molar-refractivity contribution is 5.63. The van der Waals surface area contributed by atoms with Crippen molar-refractivity contribution in [3.05, 3.63) is 60.2 Å². The van der Waals surface area contributed by atoms with Gasteiger partial charge < -0.3 is 0 Å². The summed E-state index contributed by atoms with van der Waals surface area (Å²) in [6.45, 7) is 6.93. The second-order valence-electron chi connectivity index (χ2n) is 5.49. The number of benzene rings is 2. The van der Waals surface area contributed by atoms with Gasteiger partial charge in [-0.2, -0.15) is 0 Å². The molecule has 18 heavy (non-hydrogen) atoms. The molecular formula is C18H22. The first-order valence-electron chi connectivity index (χ1n) is 6.81. The van der Waals surface area contributed by atoms with Crippen LogP contribution in [0.4, 0.5) is 0 Å². The van der Waals surface area contributed by atoms with Crippen molar-refractivity contribution in [2.45, 2.75) is 27.2 Å². The molecule has 0 N–H and O–H groups in total. The van der Waals surface area contributed by atoms with Crippen LogP contribution in [0.3, 0.4) is 0 Å². The van der Waals surface area contributed by atoms with Gasteiger partial charge >= 0.3 is 0 Å². The minimum atomic E-state index is 0.732. The molecule has 0 radical (unpaired) electrons. The van der Waals surface area contributed by atoms with Gasteiger partial charge in [-0.05, 0) is 34.9 Å². The third-order valence-corrected chi connectivity index (χ3v) is 3.73. The molecule has 0 fully saturated rings. The van der Waals surface area contributed by atoms with E-state index >= 15 is 0 Å². The van der Waals surface area contributed by atoms with Gasteiger partial charge in [-0.3, -0.25) is 0 Å². The fourth-order valence-corrected chi connectivity index (χ4v) is 2.12. The lowest BCUT2D eigenvalue weighted by Gasteiger charge is -2.15. The summed E-state index contributed by atoms with van der Waals surface area (Å²) < 4.78 is 0. The molecule has 94 valence electrons. The Morgan fingerprint density at radius 1 is 0.778 bits per heavy atom. The Kier molecular flexibility index (Phi) is 4.19. The van der Waals surface area contributed by atoms with Crippen LogP contribution in [-0.2, 0) is 6.42 Å². The van der Waals surface area contributed by atoms with E-state index in [0.717, 1.165) is 11.8 Å². The first-order chi connectivity index (χ1) is 8.66. The highest BCUT2D eigenvalue weighted by atomic mass is 14.1. The van der Waals surface area contributed by atoms with Crippen molar-refractivity contribution in [2.24, 2.45) is 11.8 Å².